The smallest absolute Gasteiger partial charge is 0.251 e. The van der Waals surface area contributed by atoms with Gasteiger partial charge in [-0.1, -0.05) is 0 Å². The van der Waals surface area contributed by atoms with Gasteiger partial charge in [-0.15, -0.1) is 11.3 Å². The van der Waals surface area contributed by atoms with Crippen molar-refractivity contribution in [3.63, 3.8) is 0 Å². The Kier molecular flexibility index (Phi) is 4.41. The topological polar surface area (TPSA) is 96.9 Å². The molecule has 7 nitrogen and oxygen atoms in total. The Morgan fingerprint density at radius 3 is 3.08 bits per heavy atom. The van der Waals surface area contributed by atoms with Crippen LogP contribution in [0.1, 0.15) is 18.5 Å². The molecule has 24 heavy (non-hydrogen) atoms. The molecule has 1 atom stereocenters. The van der Waals surface area contributed by atoms with Crippen molar-refractivity contribution in [2.45, 2.75) is 18.9 Å². The van der Waals surface area contributed by atoms with Crippen LogP contribution in [0.15, 0.2) is 23.7 Å². The van der Waals surface area contributed by atoms with Gasteiger partial charge < -0.3 is 0 Å². The number of aromatic nitrogens is 2. The Balaban J connectivity index is 1.81. The molecule has 8 heteroatoms. The van der Waals surface area contributed by atoms with Crippen LogP contribution < -0.4 is 4.90 Å². The molecule has 3 heterocycles. The van der Waals surface area contributed by atoms with Gasteiger partial charge in [0.15, 0.2) is 11.3 Å². The van der Waals surface area contributed by atoms with Crippen molar-refractivity contribution in [2.24, 2.45) is 0 Å². The molecule has 2 aromatic rings. The molecule has 0 aromatic carbocycles. The van der Waals surface area contributed by atoms with Crippen molar-refractivity contribution in [1.82, 2.24) is 14.9 Å². The zero-order valence-corrected chi connectivity index (χ0v) is 13.8. The van der Waals surface area contributed by atoms with E-state index in [1.807, 2.05) is 11.4 Å². The van der Waals surface area contributed by atoms with Gasteiger partial charge in [-0.05, 0) is 25.0 Å². The highest BCUT2D eigenvalue weighted by atomic mass is 32.1. The van der Waals surface area contributed by atoms with Crippen molar-refractivity contribution in [2.75, 3.05) is 18.5 Å². The predicted molar refractivity (Wildman–Crippen MR) is 88.8 cm³/mol. The highest BCUT2D eigenvalue weighted by Crippen LogP contribution is 2.28. The second-order valence-corrected chi connectivity index (χ2v) is 6.24. The second kappa shape index (κ2) is 6.65. The number of anilines is 1. The van der Waals surface area contributed by atoms with Crippen LogP contribution in [0.4, 0.5) is 5.13 Å². The third-order valence-electron chi connectivity index (χ3n) is 3.95. The van der Waals surface area contributed by atoms with Gasteiger partial charge in [0.05, 0.1) is 5.69 Å². The zero-order valence-electron chi connectivity index (χ0n) is 13.0. The maximum atomic E-state index is 12.6. The van der Waals surface area contributed by atoms with Crippen LogP contribution in [-0.2, 0) is 4.79 Å². The lowest BCUT2D eigenvalue weighted by Gasteiger charge is -2.22. The first-order chi connectivity index (χ1) is 11.6. The summed E-state index contributed by atoms with van der Waals surface area (Å²) in [5, 5.41) is 20.4. The molecule has 0 unspecified atom stereocenters. The summed E-state index contributed by atoms with van der Waals surface area (Å²) >= 11 is 1.35. The maximum Gasteiger partial charge on any atom is 0.251 e. The molecule has 1 aliphatic heterocycles. The summed E-state index contributed by atoms with van der Waals surface area (Å²) < 4.78 is 0. The first-order valence-electron chi connectivity index (χ1n) is 7.40. The van der Waals surface area contributed by atoms with Crippen LogP contribution in [-0.4, -0.2) is 40.4 Å². The number of nitrogens with zero attached hydrogens (tertiary/aromatic N) is 6. The molecular formula is C16H14N6OS. The number of hydrogen-bond acceptors (Lipinski definition) is 7. The minimum Gasteiger partial charge on any atom is -0.298 e. The van der Waals surface area contributed by atoms with Gasteiger partial charge in [0, 0.05) is 30.7 Å². The van der Waals surface area contributed by atoms with E-state index in [0.29, 0.717) is 29.5 Å². The van der Waals surface area contributed by atoms with Crippen molar-refractivity contribution < 1.29 is 4.79 Å². The fourth-order valence-electron chi connectivity index (χ4n) is 2.66. The lowest BCUT2D eigenvalue weighted by atomic mass is 10.2. The first kappa shape index (κ1) is 15.9. The number of amides is 1. The summed E-state index contributed by atoms with van der Waals surface area (Å²) in [6.45, 7) is 0.623. The molecule has 0 aliphatic carbocycles. The summed E-state index contributed by atoms with van der Waals surface area (Å²) in [5.41, 5.74) is 1.80. The van der Waals surface area contributed by atoms with Crippen LogP contribution in [0.2, 0.25) is 0 Å². The number of rotatable bonds is 3. The number of nitriles is 2. The Morgan fingerprint density at radius 2 is 2.33 bits per heavy atom. The maximum absolute atomic E-state index is 12.6. The fraction of sp³-hybridized carbons (Fsp3) is 0.312. The average molecular weight is 338 g/mol. The standard InChI is InChI=1S/C16H14N6OS/c1-21(15(23)14-3-2-6-22(14)10-18)16-20-13(9-24-16)11-4-5-19-12(7-11)8-17/h4-5,7,9,14H,2-3,6H2,1H3/t14-/m0/s1. The van der Waals surface area contributed by atoms with Gasteiger partial charge in [-0.25, -0.2) is 9.97 Å². The Hall–Kier alpha value is -2.97. The summed E-state index contributed by atoms with van der Waals surface area (Å²) in [7, 11) is 1.67. The SMILES string of the molecule is CN(C(=O)[C@@H]1CCCN1C#N)c1nc(-c2ccnc(C#N)c2)cs1. The van der Waals surface area contributed by atoms with E-state index in [-0.39, 0.29) is 5.91 Å². The number of pyridine rings is 1. The Labute approximate surface area is 143 Å². The quantitative estimate of drug-likeness (QED) is 0.794. The molecule has 0 N–H and O–H groups in total. The minimum atomic E-state index is -0.404. The fourth-order valence-corrected chi connectivity index (χ4v) is 3.47. The highest BCUT2D eigenvalue weighted by Gasteiger charge is 2.33. The molecular weight excluding hydrogens is 324 g/mol. The van der Waals surface area contributed by atoms with Crippen molar-refractivity contribution in [1.29, 1.82) is 10.5 Å². The van der Waals surface area contributed by atoms with E-state index in [2.05, 4.69) is 16.2 Å². The number of carbonyl (C=O) groups excluding carboxylic acids is 1. The van der Waals surface area contributed by atoms with Crippen LogP contribution in [0.5, 0.6) is 0 Å². The van der Waals surface area contributed by atoms with Crippen molar-refractivity contribution >= 4 is 22.4 Å². The normalized spacial score (nSPS) is 16.5. The molecule has 0 radical (unpaired) electrons. The molecule has 1 saturated heterocycles. The number of thiazole rings is 1. The van der Waals surface area contributed by atoms with Crippen LogP contribution >= 0.6 is 11.3 Å². The molecule has 0 spiro atoms. The largest absolute Gasteiger partial charge is 0.298 e. The van der Waals surface area contributed by atoms with Crippen molar-refractivity contribution in [3.05, 3.63) is 29.4 Å². The molecule has 3 rings (SSSR count). The van der Waals surface area contributed by atoms with Crippen LogP contribution in [0.25, 0.3) is 11.3 Å². The van der Waals surface area contributed by atoms with Crippen LogP contribution in [0, 0.1) is 22.8 Å². The van der Waals surface area contributed by atoms with Crippen molar-refractivity contribution in [3.8, 4) is 23.5 Å². The third-order valence-corrected chi connectivity index (χ3v) is 4.86. The van der Waals surface area contributed by atoms with E-state index in [1.165, 1.54) is 21.1 Å². The zero-order chi connectivity index (χ0) is 17.1. The van der Waals surface area contributed by atoms with Gasteiger partial charge in [0.1, 0.15) is 17.8 Å². The second-order valence-electron chi connectivity index (χ2n) is 5.41. The number of likely N-dealkylation sites (tertiary alicyclic amines) is 1. The summed E-state index contributed by atoms with van der Waals surface area (Å²) in [4.78, 5) is 24.1. The molecule has 1 aliphatic rings. The van der Waals surface area contributed by atoms with E-state index in [0.717, 1.165) is 12.0 Å². The van der Waals surface area contributed by atoms with E-state index in [4.69, 9.17) is 10.5 Å². The van der Waals surface area contributed by atoms with Gasteiger partial charge in [-0.2, -0.15) is 10.5 Å². The molecule has 1 fully saturated rings. The average Bonchev–Trinajstić information content (AvgIpc) is 3.29. The predicted octanol–water partition coefficient (Wildman–Crippen LogP) is 1.99. The Morgan fingerprint density at radius 1 is 1.50 bits per heavy atom. The lowest BCUT2D eigenvalue weighted by Crippen LogP contribution is -2.42. The minimum absolute atomic E-state index is 0.123. The molecule has 2 aromatic heterocycles. The summed E-state index contributed by atoms with van der Waals surface area (Å²) in [6, 6.07) is 5.03. The molecule has 120 valence electrons. The van der Waals surface area contributed by atoms with E-state index < -0.39 is 6.04 Å². The van der Waals surface area contributed by atoms with Crippen LogP contribution in [0.3, 0.4) is 0 Å². The van der Waals surface area contributed by atoms with Gasteiger partial charge in [-0.3, -0.25) is 14.6 Å². The Bertz CT molecular complexity index is 849. The molecule has 0 bridgehead atoms. The summed E-state index contributed by atoms with van der Waals surface area (Å²) in [5.74, 6) is -0.123. The lowest BCUT2D eigenvalue weighted by molar-refractivity contribution is -0.121. The van der Waals surface area contributed by atoms with E-state index in [9.17, 15) is 4.79 Å². The van der Waals surface area contributed by atoms with E-state index in [1.54, 1.807) is 25.4 Å². The number of carbonyl (C=O) groups is 1. The summed E-state index contributed by atoms with van der Waals surface area (Å²) in [6.07, 6.45) is 5.16. The number of likely N-dealkylation sites (N-methyl/N-ethyl adjacent to an activating group) is 1. The first-order valence-corrected chi connectivity index (χ1v) is 8.28. The highest BCUT2D eigenvalue weighted by molar-refractivity contribution is 7.14. The number of hydrogen-bond donors (Lipinski definition) is 0. The van der Waals surface area contributed by atoms with Gasteiger partial charge >= 0.3 is 0 Å². The monoisotopic (exact) mass is 338 g/mol. The van der Waals surface area contributed by atoms with E-state index >= 15 is 0 Å². The third kappa shape index (κ3) is 2.92. The van der Waals surface area contributed by atoms with Gasteiger partial charge in [0.2, 0.25) is 0 Å². The van der Waals surface area contributed by atoms with Gasteiger partial charge in [0.25, 0.3) is 5.91 Å². The molecule has 0 saturated carbocycles. The molecule has 1 amide bonds.